The highest BCUT2D eigenvalue weighted by molar-refractivity contribution is 7.18. The molecule has 0 saturated carbocycles. The van der Waals surface area contributed by atoms with Crippen LogP contribution in [0.1, 0.15) is 12.8 Å². The van der Waals surface area contributed by atoms with Crippen molar-refractivity contribution in [2.24, 2.45) is 11.7 Å². The summed E-state index contributed by atoms with van der Waals surface area (Å²) in [6.07, 6.45) is 5.52. The molecule has 2 atom stereocenters. The van der Waals surface area contributed by atoms with Gasteiger partial charge in [-0.15, -0.1) is 10.2 Å². The molecule has 108 valence electrons. The highest BCUT2D eigenvalue weighted by Crippen LogP contribution is 2.29. The molecular weight excluding hydrogens is 284 g/mol. The quantitative estimate of drug-likeness (QED) is 0.850. The van der Waals surface area contributed by atoms with Gasteiger partial charge < -0.3 is 11.1 Å². The highest BCUT2D eigenvalue weighted by Gasteiger charge is 2.27. The van der Waals surface area contributed by atoms with Crippen molar-refractivity contribution in [3.05, 3.63) is 42.5 Å². The number of nitrogens with one attached hydrogen (secondary N) is 1. The second-order valence-corrected chi connectivity index (χ2v) is 5.96. The molecule has 5 nitrogen and oxygen atoms in total. The first-order valence-corrected chi connectivity index (χ1v) is 7.65. The monoisotopic (exact) mass is 300 g/mol. The number of carbonyl (C=O) groups is 1. The van der Waals surface area contributed by atoms with Crippen LogP contribution in [0.5, 0.6) is 0 Å². The Hall–Kier alpha value is -2.21. The van der Waals surface area contributed by atoms with Crippen LogP contribution in [-0.4, -0.2) is 22.1 Å². The lowest BCUT2D eigenvalue weighted by atomic mass is 9.88. The summed E-state index contributed by atoms with van der Waals surface area (Å²) in [5, 5.41) is 13.2. The van der Waals surface area contributed by atoms with Crippen molar-refractivity contribution in [2.75, 3.05) is 5.32 Å². The number of rotatable bonds is 4. The van der Waals surface area contributed by atoms with E-state index in [2.05, 4.69) is 21.6 Å². The van der Waals surface area contributed by atoms with Crippen LogP contribution in [0.25, 0.3) is 10.6 Å². The highest BCUT2D eigenvalue weighted by atomic mass is 32.1. The standard InChI is InChI=1S/C15H16N4OS/c16-13(20)11-8-4-5-9-12(11)17-15-19-18-14(21-15)10-6-2-1-3-7-10/h1-7,11-12H,8-9H2,(H2,16,20)(H,17,19)/t11-,12-/m1/s1. The van der Waals surface area contributed by atoms with E-state index in [1.807, 2.05) is 36.4 Å². The minimum atomic E-state index is -0.273. The molecule has 0 spiro atoms. The Bertz CT molecular complexity index is 653. The lowest BCUT2D eigenvalue weighted by Crippen LogP contribution is -2.39. The van der Waals surface area contributed by atoms with Gasteiger partial charge in [-0.1, -0.05) is 53.8 Å². The fourth-order valence-corrected chi connectivity index (χ4v) is 3.24. The number of amides is 1. The Kier molecular flexibility index (Phi) is 3.96. The molecule has 0 aliphatic heterocycles. The Morgan fingerprint density at radius 2 is 1.95 bits per heavy atom. The van der Waals surface area contributed by atoms with Crippen LogP contribution < -0.4 is 11.1 Å². The molecule has 6 heteroatoms. The summed E-state index contributed by atoms with van der Waals surface area (Å²) in [5.74, 6) is -0.469. The van der Waals surface area contributed by atoms with E-state index in [-0.39, 0.29) is 17.9 Å². The average Bonchev–Trinajstić information content (AvgIpc) is 2.97. The van der Waals surface area contributed by atoms with E-state index in [1.165, 1.54) is 11.3 Å². The number of nitrogens with zero attached hydrogens (tertiary/aromatic N) is 2. The molecule has 1 aromatic heterocycles. The maximum Gasteiger partial charge on any atom is 0.222 e. The predicted octanol–water partition coefficient (Wildman–Crippen LogP) is 2.44. The molecule has 3 rings (SSSR count). The first-order chi connectivity index (χ1) is 10.2. The largest absolute Gasteiger partial charge is 0.369 e. The number of anilines is 1. The third kappa shape index (κ3) is 3.11. The predicted molar refractivity (Wildman–Crippen MR) is 83.8 cm³/mol. The van der Waals surface area contributed by atoms with Crippen LogP contribution in [-0.2, 0) is 4.79 Å². The molecule has 21 heavy (non-hydrogen) atoms. The molecule has 1 amide bonds. The SMILES string of the molecule is NC(=O)[C@@H]1CC=CC[C@H]1Nc1nnc(-c2ccccc2)s1. The van der Waals surface area contributed by atoms with Gasteiger partial charge in [-0.2, -0.15) is 0 Å². The van der Waals surface area contributed by atoms with Crippen LogP contribution in [0, 0.1) is 5.92 Å². The third-order valence-corrected chi connectivity index (χ3v) is 4.46. The number of allylic oxidation sites excluding steroid dienone is 1. The van der Waals surface area contributed by atoms with E-state index >= 15 is 0 Å². The Morgan fingerprint density at radius 3 is 2.71 bits per heavy atom. The van der Waals surface area contributed by atoms with Crippen LogP contribution >= 0.6 is 11.3 Å². The zero-order chi connectivity index (χ0) is 14.7. The smallest absolute Gasteiger partial charge is 0.222 e. The maximum absolute atomic E-state index is 11.5. The number of hydrogen-bond acceptors (Lipinski definition) is 5. The molecule has 1 aliphatic carbocycles. The molecule has 1 aromatic carbocycles. The van der Waals surface area contributed by atoms with Crippen molar-refractivity contribution in [1.29, 1.82) is 0 Å². The van der Waals surface area contributed by atoms with Gasteiger partial charge in [0.05, 0.1) is 5.92 Å². The van der Waals surface area contributed by atoms with Crippen molar-refractivity contribution in [3.8, 4) is 10.6 Å². The Labute approximate surface area is 126 Å². The number of primary amides is 1. The number of aromatic nitrogens is 2. The van der Waals surface area contributed by atoms with E-state index in [0.717, 1.165) is 22.1 Å². The summed E-state index contributed by atoms with van der Waals surface area (Å²) in [5.41, 5.74) is 6.50. The van der Waals surface area contributed by atoms with E-state index in [4.69, 9.17) is 5.73 Å². The summed E-state index contributed by atoms with van der Waals surface area (Å²) in [6, 6.07) is 9.90. The van der Waals surface area contributed by atoms with Gasteiger partial charge >= 0.3 is 0 Å². The molecule has 1 heterocycles. The summed E-state index contributed by atoms with van der Waals surface area (Å²) in [6.45, 7) is 0. The molecule has 0 bridgehead atoms. The second kappa shape index (κ2) is 6.05. The van der Waals surface area contributed by atoms with Gasteiger partial charge in [0.15, 0.2) is 0 Å². The molecule has 3 N–H and O–H groups in total. The molecule has 0 fully saturated rings. The van der Waals surface area contributed by atoms with Crippen LogP contribution in [0.15, 0.2) is 42.5 Å². The molecule has 2 aromatic rings. The lowest BCUT2D eigenvalue weighted by molar-refractivity contribution is -0.122. The molecule has 1 aliphatic rings. The van der Waals surface area contributed by atoms with E-state index in [9.17, 15) is 4.79 Å². The number of hydrogen-bond donors (Lipinski definition) is 2. The molecule has 0 radical (unpaired) electrons. The van der Waals surface area contributed by atoms with Gasteiger partial charge in [-0.3, -0.25) is 4.79 Å². The normalized spacial score (nSPS) is 21.1. The molecule has 0 unspecified atom stereocenters. The van der Waals surface area contributed by atoms with Crippen molar-refractivity contribution in [1.82, 2.24) is 10.2 Å². The first kappa shape index (κ1) is 13.8. The van der Waals surface area contributed by atoms with Crippen LogP contribution in [0.3, 0.4) is 0 Å². The topological polar surface area (TPSA) is 80.9 Å². The third-order valence-electron chi connectivity index (χ3n) is 3.55. The minimum Gasteiger partial charge on any atom is -0.369 e. The summed E-state index contributed by atoms with van der Waals surface area (Å²) in [7, 11) is 0. The van der Waals surface area contributed by atoms with Crippen molar-refractivity contribution in [2.45, 2.75) is 18.9 Å². The lowest BCUT2D eigenvalue weighted by Gasteiger charge is -2.26. The van der Waals surface area contributed by atoms with Crippen molar-refractivity contribution >= 4 is 22.4 Å². The van der Waals surface area contributed by atoms with E-state index in [0.29, 0.717) is 6.42 Å². The van der Waals surface area contributed by atoms with Crippen LogP contribution in [0.2, 0.25) is 0 Å². The van der Waals surface area contributed by atoms with Gasteiger partial charge in [-0.05, 0) is 12.8 Å². The van der Waals surface area contributed by atoms with E-state index < -0.39 is 0 Å². The molecular formula is C15H16N4OS. The molecule has 0 saturated heterocycles. The summed E-state index contributed by atoms with van der Waals surface area (Å²) < 4.78 is 0. The zero-order valence-corrected chi connectivity index (χ0v) is 12.2. The van der Waals surface area contributed by atoms with Gasteiger partial charge in [0.2, 0.25) is 11.0 Å². The van der Waals surface area contributed by atoms with Crippen LogP contribution in [0.4, 0.5) is 5.13 Å². The van der Waals surface area contributed by atoms with E-state index in [1.54, 1.807) is 0 Å². The Morgan fingerprint density at radius 1 is 1.19 bits per heavy atom. The Balaban J connectivity index is 1.75. The van der Waals surface area contributed by atoms with Crippen molar-refractivity contribution in [3.63, 3.8) is 0 Å². The zero-order valence-electron chi connectivity index (χ0n) is 11.4. The van der Waals surface area contributed by atoms with Crippen molar-refractivity contribution < 1.29 is 4.79 Å². The first-order valence-electron chi connectivity index (χ1n) is 6.84. The summed E-state index contributed by atoms with van der Waals surface area (Å²) >= 11 is 1.48. The number of benzene rings is 1. The fraction of sp³-hybridized carbons (Fsp3) is 0.267. The van der Waals surface area contributed by atoms with Gasteiger partial charge in [0, 0.05) is 11.6 Å². The number of carbonyl (C=O) groups excluding carboxylic acids is 1. The number of nitrogens with two attached hydrogens (primary N) is 1. The van der Waals surface area contributed by atoms with Gasteiger partial charge in [0.25, 0.3) is 0 Å². The summed E-state index contributed by atoms with van der Waals surface area (Å²) in [4.78, 5) is 11.5. The maximum atomic E-state index is 11.5. The minimum absolute atomic E-state index is 0.0101. The second-order valence-electron chi connectivity index (χ2n) is 4.98. The van der Waals surface area contributed by atoms with Gasteiger partial charge in [-0.25, -0.2) is 0 Å². The van der Waals surface area contributed by atoms with Gasteiger partial charge in [0.1, 0.15) is 5.01 Å². The fourth-order valence-electron chi connectivity index (χ4n) is 2.43. The average molecular weight is 300 g/mol.